The van der Waals surface area contributed by atoms with Crippen molar-refractivity contribution >= 4 is 17.7 Å². The Hall–Kier alpha value is -1.89. The van der Waals surface area contributed by atoms with E-state index in [0.717, 1.165) is 36.8 Å². The van der Waals surface area contributed by atoms with E-state index in [1.54, 1.807) is 12.1 Å². The van der Waals surface area contributed by atoms with E-state index in [1.165, 1.54) is 24.2 Å². The van der Waals surface area contributed by atoms with Crippen LogP contribution in [0, 0.1) is 0 Å². The first-order valence-corrected chi connectivity index (χ1v) is 7.36. The fraction of sp³-hybridized carbons (Fsp3) is 0.385. The van der Waals surface area contributed by atoms with Gasteiger partial charge in [-0.05, 0) is 36.7 Å². The summed E-state index contributed by atoms with van der Waals surface area (Å²) < 4.78 is 2.12. The highest BCUT2D eigenvalue weighted by atomic mass is 32.2. The van der Waals surface area contributed by atoms with Crippen LogP contribution >= 0.6 is 11.8 Å². The molecule has 0 atom stereocenters. The normalized spacial score (nSPS) is 14.6. The van der Waals surface area contributed by atoms with Gasteiger partial charge in [-0.2, -0.15) is 0 Å². The van der Waals surface area contributed by atoms with E-state index < -0.39 is 5.97 Å². The summed E-state index contributed by atoms with van der Waals surface area (Å²) in [5, 5.41) is 18.8. The number of aromatic carboxylic acids is 1. The summed E-state index contributed by atoms with van der Waals surface area (Å²) in [5.41, 5.74) is 0.0469. The van der Waals surface area contributed by atoms with Crippen molar-refractivity contribution in [2.75, 3.05) is 0 Å². The second-order valence-corrected chi connectivity index (χ2v) is 5.62. The van der Waals surface area contributed by atoms with Gasteiger partial charge in [-0.3, -0.25) is 0 Å². The van der Waals surface area contributed by atoms with Crippen LogP contribution in [0.4, 0.5) is 0 Å². The molecule has 1 N–H and O–H groups in total. The number of fused-ring (bicyclic) bond motifs is 1. The predicted molar refractivity (Wildman–Crippen MR) is 72.9 cm³/mol. The predicted octanol–water partition coefficient (Wildman–Crippen LogP) is 2.25. The van der Waals surface area contributed by atoms with Crippen molar-refractivity contribution in [3.05, 3.63) is 29.7 Å². The maximum absolute atomic E-state index is 10.9. The van der Waals surface area contributed by atoms with Gasteiger partial charge in [0.25, 0.3) is 0 Å². The van der Waals surface area contributed by atoms with E-state index in [9.17, 15) is 4.79 Å². The Morgan fingerprint density at radius 3 is 3.00 bits per heavy atom. The number of hydrogen-bond donors (Lipinski definition) is 1. The Balaban J connectivity index is 1.86. The van der Waals surface area contributed by atoms with Crippen LogP contribution in [0.3, 0.4) is 0 Å². The number of carbonyl (C=O) groups is 1. The van der Waals surface area contributed by atoms with Gasteiger partial charge in [-0.15, -0.1) is 10.2 Å². The first-order valence-electron chi connectivity index (χ1n) is 6.54. The van der Waals surface area contributed by atoms with Crippen molar-refractivity contribution in [1.82, 2.24) is 19.7 Å². The second-order valence-electron chi connectivity index (χ2n) is 4.63. The van der Waals surface area contributed by atoms with Gasteiger partial charge in [0.15, 0.2) is 5.16 Å². The van der Waals surface area contributed by atoms with Gasteiger partial charge in [0, 0.05) is 13.0 Å². The third-order valence-electron chi connectivity index (χ3n) is 3.21. The molecule has 0 bridgehead atoms. The molecular weight excluding hydrogens is 276 g/mol. The van der Waals surface area contributed by atoms with E-state index in [0.29, 0.717) is 5.03 Å². The van der Waals surface area contributed by atoms with Gasteiger partial charge in [0.05, 0.1) is 0 Å². The highest BCUT2D eigenvalue weighted by Gasteiger charge is 2.16. The second kappa shape index (κ2) is 5.62. The Morgan fingerprint density at radius 2 is 2.15 bits per heavy atom. The monoisotopic (exact) mass is 290 g/mol. The molecule has 3 rings (SSSR count). The smallest absolute Gasteiger partial charge is 0.354 e. The number of pyridine rings is 1. The molecule has 1 aliphatic heterocycles. The molecule has 0 amide bonds. The van der Waals surface area contributed by atoms with Gasteiger partial charge in [0.1, 0.15) is 16.5 Å². The van der Waals surface area contributed by atoms with Crippen LogP contribution < -0.4 is 0 Å². The SMILES string of the molecule is O=C(O)c1cccc(Sc2nnc3n2CCCCC3)n1. The number of carboxylic acid groups (broad SMARTS) is 1. The number of rotatable bonds is 3. The maximum atomic E-state index is 10.9. The van der Waals surface area contributed by atoms with Crippen molar-refractivity contribution in [1.29, 1.82) is 0 Å². The third kappa shape index (κ3) is 2.67. The summed E-state index contributed by atoms with van der Waals surface area (Å²) >= 11 is 1.36. The minimum Gasteiger partial charge on any atom is -0.477 e. The summed E-state index contributed by atoms with van der Waals surface area (Å²) in [6.45, 7) is 0.920. The van der Waals surface area contributed by atoms with Crippen LogP contribution in [-0.4, -0.2) is 30.8 Å². The molecule has 0 saturated carbocycles. The van der Waals surface area contributed by atoms with Gasteiger partial charge in [-0.25, -0.2) is 9.78 Å². The van der Waals surface area contributed by atoms with Crippen molar-refractivity contribution in [2.24, 2.45) is 0 Å². The molecule has 0 fully saturated rings. The molecule has 6 nitrogen and oxygen atoms in total. The fourth-order valence-corrected chi connectivity index (χ4v) is 3.08. The Labute approximate surface area is 120 Å². The topological polar surface area (TPSA) is 80.9 Å². The number of hydrogen-bond acceptors (Lipinski definition) is 5. The zero-order valence-electron chi connectivity index (χ0n) is 10.8. The van der Waals surface area contributed by atoms with Gasteiger partial charge in [0.2, 0.25) is 0 Å². The summed E-state index contributed by atoms with van der Waals surface area (Å²) in [4.78, 5) is 15.0. The fourth-order valence-electron chi connectivity index (χ4n) is 2.22. The molecule has 1 aliphatic rings. The summed E-state index contributed by atoms with van der Waals surface area (Å²) in [7, 11) is 0. The van der Waals surface area contributed by atoms with E-state index in [2.05, 4.69) is 19.7 Å². The molecule has 0 aliphatic carbocycles. The molecule has 0 aromatic carbocycles. The van der Waals surface area contributed by atoms with Crippen LogP contribution in [0.15, 0.2) is 28.4 Å². The number of aryl methyl sites for hydroxylation is 1. The van der Waals surface area contributed by atoms with Gasteiger partial charge in [-0.1, -0.05) is 12.5 Å². The lowest BCUT2D eigenvalue weighted by Gasteiger charge is -2.06. The molecule has 2 aromatic heterocycles. The highest BCUT2D eigenvalue weighted by molar-refractivity contribution is 7.99. The summed E-state index contributed by atoms with van der Waals surface area (Å²) in [5.74, 6) is -0.00749. The Kier molecular flexibility index (Phi) is 3.68. The molecular formula is C13H14N4O2S. The lowest BCUT2D eigenvalue weighted by molar-refractivity contribution is 0.0689. The molecule has 0 unspecified atom stereocenters. The van der Waals surface area contributed by atoms with Crippen LogP contribution in [-0.2, 0) is 13.0 Å². The average Bonchev–Trinajstić information content (AvgIpc) is 2.68. The largest absolute Gasteiger partial charge is 0.477 e. The minimum absolute atomic E-state index is 0.0469. The Bertz CT molecular complexity index is 641. The minimum atomic E-state index is -1.02. The molecule has 20 heavy (non-hydrogen) atoms. The first kappa shape index (κ1) is 13.1. The number of aromatic nitrogens is 4. The molecule has 104 valence electrons. The van der Waals surface area contributed by atoms with E-state index in [-0.39, 0.29) is 5.69 Å². The van der Waals surface area contributed by atoms with Crippen LogP contribution in [0.25, 0.3) is 0 Å². The summed E-state index contributed by atoms with van der Waals surface area (Å²) in [6, 6.07) is 4.96. The molecule has 0 spiro atoms. The van der Waals surface area contributed by atoms with Gasteiger partial charge < -0.3 is 9.67 Å². The van der Waals surface area contributed by atoms with Crippen LogP contribution in [0.5, 0.6) is 0 Å². The number of carboxylic acids is 1. The first-order chi connectivity index (χ1) is 9.74. The van der Waals surface area contributed by atoms with Crippen molar-refractivity contribution in [3.63, 3.8) is 0 Å². The van der Waals surface area contributed by atoms with Crippen molar-refractivity contribution in [3.8, 4) is 0 Å². The lowest BCUT2D eigenvalue weighted by Crippen LogP contribution is -2.03. The average molecular weight is 290 g/mol. The van der Waals surface area contributed by atoms with Crippen molar-refractivity contribution < 1.29 is 9.90 Å². The maximum Gasteiger partial charge on any atom is 0.354 e. The standard InChI is InChI=1S/C13H14N4O2S/c18-12(19)9-5-4-7-11(14-9)20-13-16-15-10-6-2-1-3-8-17(10)13/h4-5,7H,1-3,6,8H2,(H,18,19). The third-order valence-corrected chi connectivity index (χ3v) is 4.14. The van der Waals surface area contributed by atoms with E-state index >= 15 is 0 Å². The Morgan fingerprint density at radius 1 is 1.25 bits per heavy atom. The summed E-state index contributed by atoms with van der Waals surface area (Å²) in [6.07, 6.45) is 4.44. The molecule has 3 heterocycles. The van der Waals surface area contributed by atoms with Crippen LogP contribution in [0.2, 0.25) is 0 Å². The number of nitrogens with zero attached hydrogens (tertiary/aromatic N) is 4. The molecule has 2 aromatic rings. The zero-order chi connectivity index (χ0) is 13.9. The van der Waals surface area contributed by atoms with E-state index in [4.69, 9.17) is 5.11 Å². The molecule has 0 saturated heterocycles. The molecule has 0 radical (unpaired) electrons. The lowest BCUT2D eigenvalue weighted by atomic mass is 10.2. The van der Waals surface area contributed by atoms with Gasteiger partial charge >= 0.3 is 5.97 Å². The van der Waals surface area contributed by atoms with Crippen molar-refractivity contribution in [2.45, 2.75) is 42.4 Å². The van der Waals surface area contributed by atoms with E-state index in [1.807, 2.05) is 0 Å². The zero-order valence-corrected chi connectivity index (χ0v) is 11.6. The van der Waals surface area contributed by atoms with Crippen LogP contribution in [0.1, 0.15) is 35.6 Å². The quantitative estimate of drug-likeness (QED) is 0.933. The molecule has 7 heteroatoms. The highest BCUT2D eigenvalue weighted by Crippen LogP contribution is 2.27.